The minimum Gasteiger partial charge on any atom is -0.486 e. The summed E-state index contributed by atoms with van der Waals surface area (Å²) in [5.41, 5.74) is 2.30. The van der Waals surface area contributed by atoms with Crippen molar-refractivity contribution in [3.63, 3.8) is 0 Å². The first-order chi connectivity index (χ1) is 11.5. The molecule has 0 saturated carbocycles. The number of aromatic nitrogens is 1. The molecule has 124 valence electrons. The highest BCUT2D eigenvalue weighted by atomic mass is 32.2. The fourth-order valence-corrected chi connectivity index (χ4v) is 3.37. The molecule has 24 heavy (non-hydrogen) atoms. The van der Waals surface area contributed by atoms with Crippen LogP contribution < -0.4 is 9.46 Å². The van der Waals surface area contributed by atoms with Gasteiger partial charge in [0.1, 0.15) is 17.4 Å². The molecule has 2 aromatic carbocycles. The lowest BCUT2D eigenvalue weighted by atomic mass is 10.1. The van der Waals surface area contributed by atoms with Crippen LogP contribution in [0.3, 0.4) is 0 Å². The third kappa shape index (κ3) is 4.56. The van der Waals surface area contributed by atoms with Crippen LogP contribution in [-0.4, -0.2) is 19.7 Å². The molecule has 0 aliphatic heterocycles. The Balaban J connectivity index is 1.66. The van der Waals surface area contributed by atoms with E-state index in [4.69, 9.17) is 4.74 Å². The Hall–Kier alpha value is -2.38. The monoisotopic (exact) mass is 360 g/mol. The summed E-state index contributed by atoms with van der Waals surface area (Å²) in [6.45, 7) is 0.419. The third-order valence-corrected chi connectivity index (χ3v) is 4.57. The zero-order valence-corrected chi connectivity index (χ0v) is 14.6. The van der Waals surface area contributed by atoms with Crippen molar-refractivity contribution in [3.8, 4) is 17.0 Å². The number of hydrogen-bond donors (Lipinski definition) is 1. The largest absolute Gasteiger partial charge is 0.486 e. The quantitative estimate of drug-likeness (QED) is 0.727. The maximum absolute atomic E-state index is 11.2. The van der Waals surface area contributed by atoms with E-state index >= 15 is 0 Å². The molecule has 7 heteroatoms. The predicted molar refractivity (Wildman–Crippen MR) is 96.8 cm³/mol. The summed E-state index contributed by atoms with van der Waals surface area (Å²) in [5.74, 6) is 0.811. The van der Waals surface area contributed by atoms with E-state index < -0.39 is 10.0 Å². The summed E-state index contributed by atoms with van der Waals surface area (Å²) in [4.78, 5) is 4.55. The fraction of sp³-hybridized carbons (Fsp3) is 0.118. The van der Waals surface area contributed by atoms with Gasteiger partial charge in [-0.15, -0.1) is 11.3 Å². The number of nitrogens with one attached hydrogen (secondary N) is 1. The Morgan fingerprint density at radius 1 is 1.08 bits per heavy atom. The van der Waals surface area contributed by atoms with Gasteiger partial charge < -0.3 is 4.74 Å². The first kappa shape index (κ1) is 16.5. The van der Waals surface area contributed by atoms with Crippen LogP contribution in [0.1, 0.15) is 5.01 Å². The van der Waals surface area contributed by atoms with Crippen LogP contribution in [-0.2, 0) is 16.6 Å². The Bertz CT molecular complexity index is 905. The third-order valence-electron chi connectivity index (χ3n) is 3.14. The van der Waals surface area contributed by atoms with E-state index in [1.165, 1.54) is 11.3 Å². The van der Waals surface area contributed by atoms with Crippen LogP contribution in [0.2, 0.25) is 0 Å². The molecule has 5 nitrogen and oxygen atoms in total. The lowest BCUT2D eigenvalue weighted by Crippen LogP contribution is -2.09. The van der Waals surface area contributed by atoms with Gasteiger partial charge in [0.2, 0.25) is 10.0 Å². The van der Waals surface area contributed by atoms with E-state index in [0.29, 0.717) is 12.3 Å². The highest BCUT2D eigenvalue weighted by molar-refractivity contribution is 7.92. The van der Waals surface area contributed by atoms with E-state index in [0.717, 1.165) is 28.3 Å². The molecule has 1 aromatic heterocycles. The number of nitrogens with zero attached hydrogens (tertiary/aromatic N) is 1. The molecule has 0 aliphatic carbocycles. The lowest BCUT2D eigenvalue weighted by Gasteiger charge is -2.04. The molecule has 3 aromatic rings. The van der Waals surface area contributed by atoms with Gasteiger partial charge in [-0.1, -0.05) is 30.3 Å². The fourth-order valence-electron chi connectivity index (χ4n) is 2.09. The first-order valence-corrected chi connectivity index (χ1v) is 9.97. The maximum atomic E-state index is 11.2. The Morgan fingerprint density at radius 2 is 1.79 bits per heavy atom. The molecule has 1 heterocycles. The topological polar surface area (TPSA) is 68.3 Å². The smallest absolute Gasteiger partial charge is 0.229 e. The van der Waals surface area contributed by atoms with Crippen molar-refractivity contribution in [2.45, 2.75) is 6.61 Å². The second-order valence-corrected chi connectivity index (χ2v) is 7.87. The molecule has 0 amide bonds. The standard InChI is InChI=1S/C17H16N2O3S2/c1-24(20,21)19-14-9-7-13(8-10-14)16-12-23-17(18-16)11-22-15-5-3-2-4-6-15/h2-10,12,19H,11H2,1H3. The van der Waals surface area contributed by atoms with E-state index in [1.807, 2.05) is 47.8 Å². The lowest BCUT2D eigenvalue weighted by molar-refractivity contribution is 0.305. The van der Waals surface area contributed by atoms with E-state index in [1.54, 1.807) is 12.1 Å². The van der Waals surface area contributed by atoms with Gasteiger partial charge >= 0.3 is 0 Å². The van der Waals surface area contributed by atoms with Gasteiger partial charge in [-0.25, -0.2) is 13.4 Å². The van der Waals surface area contributed by atoms with Gasteiger partial charge in [0.15, 0.2) is 0 Å². The zero-order chi connectivity index (χ0) is 17.0. The molecule has 0 bridgehead atoms. The number of benzene rings is 2. The Kier molecular flexibility index (Phi) is 4.82. The second-order valence-electron chi connectivity index (χ2n) is 5.18. The minimum atomic E-state index is -3.26. The molecule has 0 atom stereocenters. The Morgan fingerprint density at radius 3 is 2.46 bits per heavy atom. The van der Waals surface area contributed by atoms with Crippen molar-refractivity contribution in [1.82, 2.24) is 4.98 Å². The highest BCUT2D eigenvalue weighted by Crippen LogP contribution is 2.24. The molecule has 3 rings (SSSR count). The summed E-state index contributed by atoms with van der Waals surface area (Å²) in [5, 5.41) is 2.84. The predicted octanol–water partition coefficient (Wildman–Crippen LogP) is 3.76. The van der Waals surface area contributed by atoms with Crippen molar-refractivity contribution in [2.75, 3.05) is 11.0 Å². The van der Waals surface area contributed by atoms with Gasteiger partial charge in [0, 0.05) is 16.6 Å². The van der Waals surface area contributed by atoms with Crippen molar-refractivity contribution in [2.24, 2.45) is 0 Å². The van der Waals surface area contributed by atoms with Gasteiger partial charge in [-0.3, -0.25) is 4.72 Å². The number of hydrogen-bond acceptors (Lipinski definition) is 5. The van der Waals surface area contributed by atoms with Crippen molar-refractivity contribution >= 4 is 27.0 Å². The highest BCUT2D eigenvalue weighted by Gasteiger charge is 2.07. The molecule has 0 unspecified atom stereocenters. The van der Waals surface area contributed by atoms with E-state index in [2.05, 4.69) is 9.71 Å². The zero-order valence-electron chi connectivity index (χ0n) is 13.0. The minimum absolute atomic E-state index is 0.419. The van der Waals surface area contributed by atoms with E-state index in [-0.39, 0.29) is 0 Å². The molecule has 0 fully saturated rings. The van der Waals surface area contributed by atoms with Crippen molar-refractivity contribution in [1.29, 1.82) is 0 Å². The van der Waals surface area contributed by atoms with Crippen molar-refractivity contribution in [3.05, 3.63) is 65.0 Å². The van der Waals surface area contributed by atoms with Gasteiger partial charge in [-0.05, 0) is 24.3 Å². The molecule has 0 aliphatic rings. The normalized spacial score (nSPS) is 11.2. The number of para-hydroxylation sites is 1. The summed E-state index contributed by atoms with van der Waals surface area (Å²) in [6.07, 6.45) is 1.13. The van der Waals surface area contributed by atoms with Crippen LogP contribution in [0.5, 0.6) is 5.75 Å². The average Bonchev–Trinajstić information content (AvgIpc) is 3.02. The summed E-state index contributed by atoms with van der Waals surface area (Å²) in [6, 6.07) is 16.7. The number of sulfonamides is 1. The van der Waals surface area contributed by atoms with Gasteiger partial charge in [0.05, 0.1) is 11.9 Å². The molecule has 0 saturated heterocycles. The van der Waals surface area contributed by atoms with Gasteiger partial charge in [-0.2, -0.15) is 0 Å². The van der Waals surface area contributed by atoms with Crippen molar-refractivity contribution < 1.29 is 13.2 Å². The number of ether oxygens (including phenoxy) is 1. The van der Waals surface area contributed by atoms with Crippen LogP contribution >= 0.6 is 11.3 Å². The SMILES string of the molecule is CS(=O)(=O)Nc1ccc(-c2csc(COc3ccccc3)n2)cc1. The summed E-state index contributed by atoms with van der Waals surface area (Å²) >= 11 is 1.53. The average molecular weight is 360 g/mol. The van der Waals surface area contributed by atoms with Crippen LogP contribution in [0.4, 0.5) is 5.69 Å². The van der Waals surface area contributed by atoms with Crippen LogP contribution in [0.25, 0.3) is 11.3 Å². The molecule has 0 spiro atoms. The first-order valence-electron chi connectivity index (χ1n) is 7.20. The molecular formula is C17H16N2O3S2. The number of anilines is 1. The second kappa shape index (κ2) is 7.02. The van der Waals surface area contributed by atoms with Crippen LogP contribution in [0.15, 0.2) is 60.0 Å². The molecule has 1 N–H and O–H groups in total. The Labute approximate surface area is 145 Å². The van der Waals surface area contributed by atoms with Crippen LogP contribution in [0, 0.1) is 0 Å². The summed E-state index contributed by atoms with van der Waals surface area (Å²) < 4.78 is 30.5. The number of thiazole rings is 1. The molecule has 0 radical (unpaired) electrons. The molecular weight excluding hydrogens is 344 g/mol. The number of rotatable bonds is 6. The van der Waals surface area contributed by atoms with E-state index in [9.17, 15) is 8.42 Å². The maximum Gasteiger partial charge on any atom is 0.229 e. The van der Waals surface area contributed by atoms with Gasteiger partial charge in [0.25, 0.3) is 0 Å². The summed E-state index contributed by atoms with van der Waals surface area (Å²) in [7, 11) is -3.26.